The Hall–Kier alpha value is -2.02. The van der Waals surface area contributed by atoms with Crippen LogP contribution in [0.25, 0.3) is 0 Å². The lowest BCUT2D eigenvalue weighted by Gasteiger charge is -2.06. The van der Waals surface area contributed by atoms with Crippen molar-refractivity contribution in [2.24, 2.45) is 0 Å². The van der Waals surface area contributed by atoms with Crippen molar-refractivity contribution >= 4 is 0 Å². The predicted octanol–water partition coefficient (Wildman–Crippen LogP) is 1.96. The number of hydrogen-bond acceptors (Lipinski definition) is 5. The van der Waals surface area contributed by atoms with Crippen LogP contribution in [-0.4, -0.2) is 16.8 Å². The summed E-state index contributed by atoms with van der Waals surface area (Å²) in [5.74, 6) is 0.708. The van der Waals surface area contributed by atoms with Crippen LogP contribution in [0, 0.1) is 0 Å². The van der Waals surface area contributed by atoms with Crippen molar-refractivity contribution in [3.05, 3.63) is 42.0 Å². The largest absolute Gasteiger partial charge is 0.435 e. The lowest BCUT2D eigenvalue weighted by atomic mass is 10.2. The molecule has 0 unspecified atom stereocenters. The maximum atomic E-state index is 11.9. The molecule has 1 N–H and O–H groups in total. The summed E-state index contributed by atoms with van der Waals surface area (Å²) in [6.45, 7) is -1.75. The van der Waals surface area contributed by atoms with E-state index in [2.05, 4.69) is 24.7 Å². The molecule has 0 radical (unpaired) electrons. The molecule has 0 aliphatic rings. The highest BCUT2D eigenvalue weighted by atomic mass is 19.3. The summed E-state index contributed by atoms with van der Waals surface area (Å²) in [4.78, 5) is 3.85. The normalized spacial score (nSPS) is 10.8. The highest BCUT2D eigenvalue weighted by Crippen LogP contribution is 2.14. The number of alkyl halides is 2. The minimum Gasteiger partial charge on any atom is -0.435 e. The van der Waals surface area contributed by atoms with Gasteiger partial charge in [0.25, 0.3) is 0 Å². The van der Waals surface area contributed by atoms with Gasteiger partial charge in [-0.15, -0.1) is 0 Å². The molecule has 5 nitrogen and oxygen atoms in total. The first-order chi connectivity index (χ1) is 8.74. The maximum Gasteiger partial charge on any atom is 0.387 e. The molecule has 2 rings (SSSR count). The van der Waals surface area contributed by atoms with Crippen LogP contribution in [0.2, 0.25) is 0 Å². The smallest absolute Gasteiger partial charge is 0.387 e. The predicted molar refractivity (Wildman–Crippen MR) is 57.9 cm³/mol. The average Bonchev–Trinajstić information content (AvgIpc) is 2.84. The Balaban J connectivity index is 1.79. The van der Waals surface area contributed by atoms with E-state index < -0.39 is 6.61 Å². The summed E-state index contributed by atoms with van der Waals surface area (Å²) in [7, 11) is 0. The molecular formula is C11H11F2N3O2. The van der Waals surface area contributed by atoms with E-state index in [4.69, 9.17) is 0 Å². The molecule has 18 heavy (non-hydrogen) atoms. The van der Waals surface area contributed by atoms with Crippen LogP contribution in [0.15, 0.2) is 35.2 Å². The van der Waals surface area contributed by atoms with Crippen LogP contribution in [0.1, 0.15) is 11.4 Å². The zero-order chi connectivity index (χ0) is 12.8. The molecule has 0 aliphatic carbocycles. The number of aromatic nitrogens is 2. The number of nitrogens with zero attached hydrogens (tertiary/aromatic N) is 2. The fraction of sp³-hybridized carbons (Fsp3) is 0.273. The summed E-state index contributed by atoms with van der Waals surface area (Å²) in [6, 6.07) is 6.41. The average molecular weight is 255 g/mol. The summed E-state index contributed by atoms with van der Waals surface area (Å²) in [6.07, 6.45) is 1.26. The quantitative estimate of drug-likeness (QED) is 0.855. The first-order valence-electron chi connectivity index (χ1n) is 5.24. The molecule has 96 valence electrons. The molecule has 0 bridgehead atoms. The third kappa shape index (κ3) is 3.77. The van der Waals surface area contributed by atoms with Gasteiger partial charge in [-0.05, 0) is 17.7 Å². The van der Waals surface area contributed by atoms with Gasteiger partial charge in [-0.3, -0.25) is 0 Å². The summed E-state index contributed by atoms with van der Waals surface area (Å²) >= 11 is 0. The van der Waals surface area contributed by atoms with Crippen LogP contribution < -0.4 is 10.1 Å². The SMILES string of the molecule is FC(F)Oc1ccc(CNCc2ncon2)cc1. The van der Waals surface area contributed by atoms with Gasteiger partial charge in [0.05, 0.1) is 6.54 Å². The monoisotopic (exact) mass is 255 g/mol. The van der Waals surface area contributed by atoms with E-state index in [0.717, 1.165) is 5.56 Å². The van der Waals surface area contributed by atoms with Gasteiger partial charge < -0.3 is 14.6 Å². The minimum absolute atomic E-state index is 0.145. The second kappa shape index (κ2) is 6.06. The van der Waals surface area contributed by atoms with E-state index in [-0.39, 0.29) is 5.75 Å². The fourth-order valence-corrected chi connectivity index (χ4v) is 1.38. The van der Waals surface area contributed by atoms with Crippen molar-refractivity contribution in [1.29, 1.82) is 0 Å². The third-order valence-corrected chi connectivity index (χ3v) is 2.17. The van der Waals surface area contributed by atoms with E-state index in [9.17, 15) is 8.78 Å². The first-order valence-corrected chi connectivity index (χ1v) is 5.24. The fourth-order valence-electron chi connectivity index (χ4n) is 1.38. The van der Waals surface area contributed by atoms with Gasteiger partial charge in [-0.1, -0.05) is 17.3 Å². The molecule has 0 aliphatic heterocycles. The molecule has 7 heteroatoms. The molecule has 1 aromatic carbocycles. The van der Waals surface area contributed by atoms with Gasteiger partial charge in [-0.2, -0.15) is 13.8 Å². The van der Waals surface area contributed by atoms with Gasteiger partial charge in [0.15, 0.2) is 5.82 Å². The van der Waals surface area contributed by atoms with Gasteiger partial charge in [0.1, 0.15) is 5.75 Å². The summed E-state index contributed by atoms with van der Waals surface area (Å²) < 4.78 is 32.7. The van der Waals surface area contributed by atoms with E-state index in [1.807, 2.05) is 0 Å². The van der Waals surface area contributed by atoms with Crippen LogP contribution >= 0.6 is 0 Å². The lowest BCUT2D eigenvalue weighted by Crippen LogP contribution is -2.13. The van der Waals surface area contributed by atoms with Crippen LogP contribution in [-0.2, 0) is 13.1 Å². The van der Waals surface area contributed by atoms with Crippen LogP contribution in [0.5, 0.6) is 5.75 Å². The Bertz CT molecular complexity index is 460. The Labute approximate surface area is 102 Å². The van der Waals surface area contributed by atoms with E-state index in [1.54, 1.807) is 12.1 Å². The highest BCUT2D eigenvalue weighted by molar-refractivity contribution is 5.27. The Morgan fingerprint density at radius 1 is 1.22 bits per heavy atom. The van der Waals surface area contributed by atoms with Gasteiger partial charge in [0.2, 0.25) is 6.39 Å². The standard InChI is InChI=1S/C11H11F2N3O2/c12-11(13)18-9-3-1-8(2-4-9)5-14-6-10-15-7-17-16-10/h1-4,7,11,14H,5-6H2. The molecular weight excluding hydrogens is 244 g/mol. The number of hydrogen-bond donors (Lipinski definition) is 1. The third-order valence-electron chi connectivity index (χ3n) is 2.17. The van der Waals surface area contributed by atoms with Gasteiger partial charge >= 0.3 is 6.61 Å². The number of benzene rings is 1. The van der Waals surface area contributed by atoms with Crippen molar-refractivity contribution in [3.8, 4) is 5.75 Å². The molecule has 0 saturated carbocycles. The number of rotatable bonds is 6. The Morgan fingerprint density at radius 2 is 2.00 bits per heavy atom. The molecule has 0 saturated heterocycles. The molecule has 0 spiro atoms. The Morgan fingerprint density at radius 3 is 2.61 bits per heavy atom. The topological polar surface area (TPSA) is 60.2 Å². The molecule has 0 atom stereocenters. The second-order valence-electron chi connectivity index (χ2n) is 3.47. The lowest BCUT2D eigenvalue weighted by molar-refractivity contribution is -0.0498. The molecule has 0 amide bonds. The number of ether oxygens (including phenoxy) is 1. The first kappa shape index (κ1) is 12.4. The number of nitrogens with one attached hydrogen (secondary N) is 1. The molecule has 1 aromatic heterocycles. The van der Waals surface area contributed by atoms with Crippen molar-refractivity contribution in [1.82, 2.24) is 15.5 Å². The minimum atomic E-state index is -2.80. The van der Waals surface area contributed by atoms with E-state index in [1.165, 1.54) is 18.5 Å². The van der Waals surface area contributed by atoms with Crippen LogP contribution in [0.3, 0.4) is 0 Å². The maximum absolute atomic E-state index is 11.9. The Kier molecular flexibility index (Phi) is 4.19. The highest BCUT2D eigenvalue weighted by Gasteiger charge is 2.03. The zero-order valence-corrected chi connectivity index (χ0v) is 9.35. The van der Waals surface area contributed by atoms with Gasteiger partial charge in [0, 0.05) is 6.54 Å². The van der Waals surface area contributed by atoms with Crippen molar-refractivity contribution in [3.63, 3.8) is 0 Å². The van der Waals surface area contributed by atoms with Crippen molar-refractivity contribution in [2.75, 3.05) is 0 Å². The van der Waals surface area contributed by atoms with Crippen LogP contribution in [0.4, 0.5) is 8.78 Å². The zero-order valence-electron chi connectivity index (χ0n) is 9.35. The number of halogens is 2. The van der Waals surface area contributed by atoms with Crippen molar-refractivity contribution in [2.45, 2.75) is 19.7 Å². The summed E-state index contributed by atoms with van der Waals surface area (Å²) in [5.41, 5.74) is 0.945. The molecule has 1 heterocycles. The van der Waals surface area contributed by atoms with E-state index in [0.29, 0.717) is 18.9 Å². The molecule has 0 fully saturated rings. The second-order valence-corrected chi connectivity index (χ2v) is 3.47. The van der Waals surface area contributed by atoms with E-state index >= 15 is 0 Å². The van der Waals surface area contributed by atoms with Crippen molar-refractivity contribution < 1.29 is 18.0 Å². The summed E-state index contributed by atoms with van der Waals surface area (Å²) in [5, 5.41) is 6.73. The van der Waals surface area contributed by atoms with Gasteiger partial charge in [-0.25, -0.2) is 0 Å². The molecule has 2 aromatic rings.